The maximum Gasteiger partial charge on any atom is 0.129 e. The highest BCUT2D eigenvalue weighted by molar-refractivity contribution is 5.20. The molecule has 3 heteroatoms. The zero-order valence-corrected chi connectivity index (χ0v) is 11.4. The van der Waals surface area contributed by atoms with Gasteiger partial charge in [0.1, 0.15) is 11.6 Å². The summed E-state index contributed by atoms with van der Waals surface area (Å²) < 4.78 is 26.5. The van der Waals surface area contributed by atoms with Crippen LogP contribution in [0.1, 0.15) is 37.7 Å². The quantitative estimate of drug-likeness (QED) is 0.794. The largest absolute Gasteiger partial charge is 0.316 e. The monoisotopic (exact) mass is 265 g/mol. The van der Waals surface area contributed by atoms with Gasteiger partial charge in [0.2, 0.25) is 0 Å². The molecular formula is C16H21F2N. The maximum atomic E-state index is 13.6. The van der Waals surface area contributed by atoms with Crippen molar-refractivity contribution in [2.24, 2.45) is 0 Å². The third kappa shape index (κ3) is 4.13. The van der Waals surface area contributed by atoms with Crippen molar-refractivity contribution < 1.29 is 8.78 Å². The van der Waals surface area contributed by atoms with Crippen LogP contribution in [0.5, 0.6) is 0 Å². The van der Waals surface area contributed by atoms with Crippen LogP contribution in [-0.2, 0) is 6.42 Å². The molecule has 0 saturated heterocycles. The summed E-state index contributed by atoms with van der Waals surface area (Å²) >= 11 is 0. The van der Waals surface area contributed by atoms with E-state index in [4.69, 9.17) is 0 Å². The zero-order valence-electron chi connectivity index (χ0n) is 11.4. The van der Waals surface area contributed by atoms with Crippen LogP contribution in [0.15, 0.2) is 29.8 Å². The van der Waals surface area contributed by atoms with E-state index in [0.29, 0.717) is 12.0 Å². The van der Waals surface area contributed by atoms with Crippen LogP contribution in [0.2, 0.25) is 0 Å². The van der Waals surface area contributed by atoms with E-state index in [0.717, 1.165) is 25.3 Å². The molecule has 0 bridgehead atoms. The highest BCUT2D eigenvalue weighted by Crippen LogP contribution is 2.23. The molecule has 1 aliphatic carbocycles. The minimum atomic E-state index is -0.516. The van der Waals surface area contributed by atoms with Gasteiger partial charge in [-0.15, -0.1) is 0 Å². The molecule has 0 spiro atoms. The first-order valence-electron chi connectivity index (χ1n) is 6.98. The summed E-state index contributed by atoms with van der Waals surface area (Å²) in [7, 11) is 1.90. The number of benzene rings is 1. The lowest BCUT2D eigenvalue weighted by Gasteiger charge is -2.20. The molecule has 0 aliphatic heterocycles. The number of hydrogen-bond acceptors (Lipinski definition) is 1. The van der Waals surface area contributed by atoms with Gasteiger partial charge in [-0.05, 0) is 57.2 Å². The minimum absolute atomic E-state index is 0.212. The molecule has 1 atom stereocenters. The summed E-state index contributed by atoms with van der Waals surface area (Å²) in [6.45, 7) is 0. The van der Waals surface area contributed by atoms with Crippen LogP contribution >= 0.6 is 0 Å². The molecule has 104 valence electrons. The molecule has 0 fully saturated rings. The standard InChI is InChI=1S/C16H21F2N/c1-19-15(9-12-5-3-2-4-6-12)10-13-7-8-14(17)11-16(13)18/h5,7-8,11,15,19H,2-4,6,9-10H2,1H3. The molecule has 1 aromatic carbocycles. The Labute approximate surface area is 113 Å². The smallest absolute Gasteiger partial charge is 0.129 e. The Bertz CT molecular complexity index is 454. The van der Waals surface area contributed by atoms with Crippen LogP contribution in [0.25, 0.3) is 0 Å². The SMILES string of the molecule is CNC(CC1=CCCCC1)Cc1ccc(F)cc1F. The number of halogens is 2. The molecule has 1 N–H and O–H groups in total. The number of rotatable bonds is 5. The van der Waals surface area contributed by atoms with E-state index in [1.165, 1.54) is 24.5 Å². The Morgan fingerprint density at radius 2 is 2.05 bits per heavy atom. The average molecular weight is 265 g/mol. The Morgan fingerprint density at radius 1 is 1.21 bits per heavy atom. The van der Waals surface area contributed by atoms with Crippen LogP contribution in [0.4, 0.5) is 8.78 Å². The van der Waals surface area contributed by atoms with Gasteiger partial charge in [0, 0.05) is 12.1 Å². The second kappa shape index (κ2) is 6.80. The molecule has 0 heterocycles. The van der Waals surface area contributed by atoms with Crippen molar-refractivity contribution in [3.05, 3.63) is 47.0 Å². The lowest BCUT2D eigenvalue weighted by Crippen LogP contribution is -2.28. The Kier molecular flexibility index (Phi) is 5.08. The van der Waals surface area contributed by atoms with E-state index in [2.05, 4.69) is 11.4 Å². The number of nitrogens with one attached hydrogen (secondary N) is 1. The maximum absolute atomic E-state index is 13.6. The predicted molar refractivity (Wildman–Crippen MR) is 74.1 cm³/mol. The third-order valence-electron chi connectivity index (χ3n) is 3.78. The molecule has 1 unspecified atom stereocenters. The molecule has 0 amide bonds. The Hall–Kier alpha value is -1.22. The van der Waals surface area contributed by atoms with Crippen molar-refractivity contribution in [3.63, 3.8) is 0 Å². The van der Waals surface area contributed by atoms with E-state index in [-0.39, 0.29) is 6.04 Å². The summed E-state index contributed by atoms with van der Waals surface area (Å²) in [5.74, 6) is -0.963. The topological polar surface area (TPSA) is 12.0 Å². The van der Waals surface area contributed by atoms with E-state index < -0.39 is 11.6 Å². The normalized spacial score (nSPS) is 17.1. The Balaban J connectivity index is 2.00. The lowest BCUT2D eigenvalue weighted by molar-refractivity contribution is 0.511. The fraction of sp³-hybridized carbons (Fsp3) is 0.500. The number of hydrogen-bond donors (Lipinski definition) is 1. The van der Waals surface area contributed by atoms with Gasteiger partial charge in [-0.3, -0.25) is 0 Å². The molecule has 19 heavy (non-hydrogen) atoms. The predicted octanol–water partition coefficient (Wildman–Crippen LogP) is 3.99. The molecule has 0 aromatic heterocycles. The molecule has 2 rings (SSSR count). The third-order valence-corrected chi connectivity index (χ3v) is 3.78. The van der Waals surface area contributed by atoms with Crippen molar-refractivity contribution in [1.29, 1.82) is 0 Å². The summed E-state index contributed by atoms with van der Waals surface area (Å²) in [5, 5.41) is 3.24. The number of likely N-dealkylation sites (N-methyl/N-ethyl adjacent to an activating group) is 1. The van der Waals surface area contributed by atoms with E-state index in [1.807, 2.05) is 7.05 Å². The molecular weight excluding hydrogens is 244 g/mol. The van der Waals surface area contributed by atoms with Gasteiger partial charge >= 0.3 is 0 Å². The minimum Gasteiger partial charge on any atom is -0.316 e. The second-order valence-corrected chi connectivity index (χ2v) is 5.24. The molecule has 1 aromatic rings. The van der Waals surface area contributed by atoms with Gasteiger partial charge in [0.05, 0.1) is 0 Å². The molecule has 0 radical (unpaired) electrons. The van der Waals surface area contributed by atoms with Crippen LogP contribution < -0.4 is 5.32 Å². The van der Waals surface area contributed by atoms with Crippen molar-refractivity contribution in [3.8, 4) is 0 Å². The summed E-state index contributed by atoms with van der Waals surface area (Å²) in [6, 6.07) is 4.04. The van der Waals surface area contributed by atoms with Gasteiger partial charge in [0.15, 0.2) is 0 Å². The van der Waals surface area contributed by atoms with Crippen molar-refractivity contribution >= 4 is 0 Å². The zero-order chi connectivity index (χ0) is 13.7. The van der Waals surface area contributed by atoms with Crippen molar-refractivity contribution in [2.75, 3.05) is 7.05 Å². The number of allylic oxidation sites excluding steroid dienone is 1. The lowest BCUT2D eigenvalue weighted by atomic mass is 9.92. The van der Waals surface area contributed by atoms with Crippen LogP contribution in [0, 0.1) is 11.6 Å². The van der Waals surface area contributed by atoms with Crippen molar-refractivity contribution in [2.45, 2.75) is 44.6 Å². The van der Waals surface area contributed by atoms with Crippen molar-refractivity contribution in [1.82, 2.24) is 5.32 Å². The fourth-order valence-electron chi connectivity index (χ4n) is 2.64. The van der Waals surface area contributed by atoms with Gasteiger partial charge in [-0.1, -0.05) is 17.7 Å². The van der Waals surface area contributed by atoms with E-state index in [9.17, 15) is 8.78 Å². The average Bonchev–Trinajstić information content (AvgIpc) is 2.42. The molecule has 0 saturated carbocycles. The summed E-state index contributed by atoms with van der Waals surface area (Å²) in [5.41, 5.74) is 2.05. The highest BCUT2D eigenvalue weighted by atomic mass is 19.1. The van der Waals surface area contributed by atoms with E-state index >= 15 is 0 Å². The fourth-order valence-corrected chi connectivity index (χ4v) is 2.64. The van der Waals surface area contributed by atoms with Crippen LogP contribution in [0.3, 0.4) is 0 Å². The summed E-state index contributed by atoms with van der Waals surface area (Å²) in [6.07, 6.45) is 8.72. The first-order chi connectivity index (χ1) is 9.19. The van der Waals surface area contributed by atoms with Gasteiger partial charge in [-0.2, -0.15) is 0 Å². The summed E-state index contributed by atoms with van der Waals surface area (Å²) in [4.78, 5) is 0. The first-order valence-corrected chi connectivity index (χ1v) is 6.98. The van der Waals surface area contributed by atoms with Crippen LogP contribution in [-0.4, -0.2) is 13.1 Å². The van der Waals surface area contributed by atoms with Gasteiger partial charge in [-0.25, -0.2) is 8.78 Å². The Morgan fingerprint density at radius 3 is 2.68 bits per heavy atom. The molecule has 1 nitrogen and oxygen atoms in total. The molecule has 1 aliphatic rings. The van der Waals surface area contributed by atoms with Gasteiger partial charge < -0.3 is 5.32 Å². The van der Waals surface area contributed by atoms with Gasteiger partial charge in [0.25, 0.3) is 0 Å². The highest BCUT2D eigenvalue weighted by Gasteiger charge is 2.14. The van der Waals surface area contributed by atoms with E-state index in [1.54, 1.807) is 6.07 Å². The second-order valence-electron chi connectivity index (χ2n) is 5.24. The first kappa shape index (κ1) is 14.2.